The van der Waals surface area contributed by atoms with Crippen molar-refractivity contribution in [1.29, 1.82) is 0 Å². The van der Waals surface area contributed by atoms with Crippen molar-refractivity contribution in [2.45, 2.75) is 13.5 Å². The fourth-order valence-electron chi connectivity index (χ4n) is 2.16. The fourth-order valence-corrected chi connectivity index (χ4v) is 2.16. The first-order chi connectivity index (χ1) is 11.2. The van der Waals surface area contributed by atoms with Gasteiger partial charge in [0.1, 0.15) is 23.5 Å². The maximum absolute atomic E-state index is 11.6. The second kappa shape index (κ2) is 6.35. The average Bonchev–Trinajstić information content (AvgIpc) is 3.04. The minimum atomic E-state index is -0.167. The van der Waals surface area contributed by atoms with Crippen molar-refractivity contribution in [2.75, 3.05) is 7.11 Å². The van der Waals surface area contributed by atoms with E-state index in [9.17, 15) is 4.79 Å². The molecule has 2 heterocycles. The van der Waals surface area contributed by atoms with E-state index in [1.807, 2.05) is 24.3 Å². The Balaban J connectivity index is 1.84. The Kier molecular flexibility index (Phi) is 4.09. The molecule has 0 bridgehead atoms. The first-order valence-corrected chi connectivity index (χ1v) is 7.02. The summed E-state index contributed by atoms with van der Waals surface area (Å²) in [5.41, 5.74) is 1.73. The first kappa shape index (κ1) is 14.8. The van der Waals surface area contributed by atoms with Crippen molar-refractivity contribution in [3.8, 4) is 17.3 Å². The maximum atomic E-state index is 11.6. The molecule has 1 aromatic carbocycles. The minimum absolute atomic E-state index is 0.167. The van der Waals surface area contributed by atoms with Gasteiger partial charge in [-0.15, -0.1) is 5.10 Å². The van der Waals surface area contributed by atoms with Crippen LogP contribution in [0.25, 0.3) is 11.5 Å². The van der Waals surface area contributed by atoms with Crippen LogP contribution in [0.1, 0.15) is 23.0 Å². The van der Waals surface area contributed by atoms with Crippen LogP contribution < -0.4 is 4.74 Å². The van der Waals surface area contributed by atoms with Gasteiger partial charge in [0.05, 0.1) is 13.7 Å². The van der Waals surface area contributed by atoms with Crippen LogP contribution in [0, 0.1) is 0 Å². The SMILES string of the molecule is COc1ccc(Cn2cnc(-c3nccnc3C(C)=O)n2)cc1. The molecule has 7 heteroatoms. The predicted octanol–water partition coefficient (Wildman–Crippen LogP) is 1.99. The lowest BCUT2D eigenvalue weighted by molar-refractivity contribution is 0.101. The van der Waals surface area contributed by atoms with E-state index < -0.39 is 0 Å². The number of benzene rings is 1. The lowest BCUT2D eigenvalue weighted by Gasteiger charge is -2.03. The summed E-state index contributed by atoms with van der Waals surface area (Å²) in [5.74, 6) is 1.02. The summed E-state index contributed by atoms with van der Waals surface area (Å²) in [4.78, 5) is 24.1. The number of ketones is 1. The Morgan fingerprint density at radius 2 is 1.87 bits per heavy atom. The number of ether oxygens (including phenoxy) is 1. The highest BCUT2D eigenvalue weighted by Crippen LogP contribution is 2.16. The molecule has 0 N–H and O–H groups in total. The predicted molar refractivity (Wildman–Crippen MR) is 83.1 cm³/mol. The molecule has 0 spiro atoms. The average molecular weight is 309 g/mol. The van der Waals surface area contributed by atoms with E-state index in [0.717, 1.165) is 11.3 Å². The van der Waals surface area contributed by atoms with Crippen molar-refractivity contribution < 1.29 is 9.53 Å². The van der Waals surface area contributed by atoms with Crippen LogP contribution in [0.5, 0.6) is 5.75 Å². The molecule has 0 saturated heterocycles. The van der Waals surface area contributed by atoms with Crippen LogP contribution >= 0.6 is 0 Å². The fraction of sp³-hybridized carbons (Fsp3) is 0.188. The Morgan fingerprint density at radius 3 is 2.57 bits per heavy atom. The molecule has 0 aliphatic rings. The second-order valence-electron chi connectivity index (χ2n) is 4.92. The number of nitrogens with zero attached hydrogens (tertiary/aromatic N) is 5. The normalized spacial score (nSPS) is 10.5. The molecule has 7 nitrogen and oxygen atoms in total. The number of Topliss-reactive ketones (excluding diaryl/α,β-unsaturated/α-hetero) is 1. The minimum Gasteiger partial charge on any atom is -0.497 e. The summed E-state index contributed by atoms with van der Waals surface area (Å²) < 4.78 is 6.83. The summed E-state index contributed by atoms with van der Waals surface area (Å²) in [5, 5.41) is 4.38. The number of carbonyl (C=O) groups excluding carboxylic acids is 1. The summed E-state index contributed by atoms with van der Waals surface area (Å²) >= 11 is 0. The van der Waals surface area contributed by atoms with Gasteiger partial charge in [0.25, 0.3) is 0 Å². The van der Waals surface area contributed by atoms with Crippen LogP contribution in [-0.2, 0) is 6.54 Å². The molecule has 3 rings (SSSR count). The van der Waals surface area contributed by atoms with Gasteiger partial charge in [-0.2, -0.15) is 0 Å². The number of aromatic nitrogens is 5. The van der Waals surface area contributed by atoms with Crippen LogP contribution in [0.15, 0.2) is 43.0 Å². The Labute approximate surface area is 133 Å². The van der Waals surface area contributed by atoms with Crippen LogP contribution in [0.2, 0.25) is 0 Å². The molecule has 0 radical (unpaired) electrons. The highest BCUT2D eigenvalue weighted by atomic mass is 16.5. The highest BCUT2D eigenvalue weighted by Gasteiger charge is 2.15. The summed E-state index contributed by atoms with van der Waals surface area (Å²) in [6.45, 7) is 2.01. The van der Waals surface area contributed by atoms with E-state index in [4.69, 9.17) is 4.74 Å². The monoisotopic (exact) mass is 309 g/mol. The largest absolute Gasteiger partial charge is 0.497 e. The summed E-state index contributed by atoms with van der Waals surface area (Å²) in [6.07, 6.45) is 4.61. The van der Waals surface area contributed by atoms with Gasteiger partial charge in [-0.3, -0.25) is 4.79 Å². The molecule has 0 aliphatic heterocycles. The second-order valence-corrected chi connectivity index (χ2v) is 4.92. The van der Waals surface area contributed by atoms with E-state index >= 15 is 0 Å². The van der Waals surface area contributed by atoms with Crippen LogP contribution in [-0.4, -0.2) is 37.6 Å². The zero-order valence-corrected chi connectivity index (χ0v) is 12.8. The molecule has 0 aliphatic carbocycles. The quantitative estimate of drug-likeness (QED) is 0.670. The first-order valence-electron chi connectivity index (χ1n) is 7.02. The molecule has 0 saturated carbocycles. The Morgan fingerprint density at radius 1 is 1.13 bits per heavy atom. The number of hydrogen-bond donors (Lipinski definition) is 0. The smallest absolute Gasteiger partial charge is 0.202 e. The third-order valence-electron chi connectivity index (χ3n) is 3.28. The van der Waals surface area contributed by atoms with E-state index in [1.54, 1.807) is 18.1 Å². The zero-order chi connectivity index (χ0) is 16.2. The number of methoxy groups -OCH3 is 1. The van der Waals surface area contributed by atoms with Gasteiger partial charge in [-0.1, -0.05) is 12.1 Å². The molecule has 23 heavy (non-hydrogen) atoms. The third kappa shape index (κ3) is 3.23. The third-order valence-corrected chi connectivity index (χ3v) is 3.28. The lowest BCUT2D eigenvalue weighted by Crippen LogP contribution is -2.04. The lowest BCUT2D eigenvalue weighted by atomic mass is 10.2. The molecular formula is C16H15N5O2. The van der Waals surface area contributed by atoms with Gasteiger partial charge >= 0.3 is 0 Å². The molecule has 0 atom stereocenters. The number of carbonyl (C=O) groups is 1. The number of hydrogen-bond acceptors (Lipinski definition) is 6. The Hall–Kier alpha value is -3.09. The molecule has 3 aromatic rings. The molecular weight excluding hydrogens is 294 g/mol. The van der Waals surface area contributed by atoms with Gasteiger partial charge in [-0.05, 0) is 17.7 Å². The van der Waals surface area contributed by atoms with Gasteiger partial charge < -0.3 is 4.74 Å². The zero-order valence-electron chi connectivity index (χ0n) is 12.8. The van der Waals surface area contributed by atoms with Gasteiger partial charge in [0.2, 0.25) is 5.82 Å². The van der Waals surface area contributed by atoms with Crippen LogP contribution in [0.3, 0.4) is 0 Å². The van der Waals surface area contributed by atoms with E-state index in [2.05, 4.69) is 20.1 Å². The maximum Gasteiger partial charge on any atom is 0.202 e. The highest BCUT2D eigenvalue weighted by molar-refractivity contribution is 5.96. The Bertz CT molecular complexity index is 826. The van der Waals surface area contributed by atoms with Crippen molar-refractivity contribution in [3.63, 3.8) is 0 Å². The summed E-state index contributed by atoms with van der Waals surface area (Å²) in [6, 6.07) is 7.71. The van der Waals surface area contributed by atoms with E-state index in [-0.39, 0.29) is 11.5 Å². The van der Waals surface area contributed by atoms with Crippen molar-refractivity contribution >= 4 is 5.78 Å². The molecule has 0 amide bonds. The molecule has 0 unspecified atom stereocenters. The van der Waals surface area contributed by atoms with E-state index in [0.29, 0.717) is 18.1 Å². The molecule has 0 fully saturated rings. The van der Waals surface area contributed by atoms with Gasteiger partial charge in [-0.25, -0.2) is 19.6 Å². The van der Waals surface area contributed by atoms with Gasteiger partial charge in [0.15, 0.2) is 5.78 Å². The van der Waals surface area contributed by atoms with Crippen molar-refractivity contribution in [1.82, 2.24) is 24.7 Å². The van der Waals surface area contributed by atoms with Gasteiger partial charge in [0, 0.05) is 19.3 Å². The molecule has 2 aromatic heterocycles. The van der Waals surface area contributed by atoms with Crippen LogP contribution in [0.4, 0.5) is 0 Å². The van der Waals surface area contributed by atoms with E-state index in [1.165, 1.54) is 19.3 Å². The number of rotatable bonds is 5. The van der Waals surface area contributed by atoms with Crippen molar-refractivity contribution in [3.05, 3.63) is 54.2 Å². The molecule has 116 valence electrons. The van der Waals surface area contributed by atoms with Crippen molar-refractivity contribution in [2.24, 2.45) is 0 Å². The topological polar surface area (TPSA) is 82.8 Å². The standard InChI is InChI=1S/C16H15N5O2/c1-11(22)14-15(18-8-7-17-14)16-19-10-21(20-16)9-12-3-5-13(23-2)6-4-12/h3-8,10H,9H2,1-2H3. The summed E-state index contributed by atoms with van der Waals surface area (Å²) in [7, 11) is 1.63.